The van der Waals surface area contributed by atoms with E-state index in [2.05, 4.69) is 211 Å². The van der Waals surface area contributed by atoms with Crippen LogP contribution in [0.1, 0.15) is 88.8 Å². The molecule has 0 amide bonds. The minimum absolute atomic E-state index is 0.00183. The SMILES string of the molecule is CC.CC1(C)c2ccccc2-c2ccc(-n3c(=O)c4cc5c(cc4c4c6c(ccc43)-c3ccccc3C6(C)C)-c3ccccc3C5(C)C)cc21.O=c1c2ccccc2c2cc(-c3ccccc3)ccc2n1-c1ccc(-c2ccccc2)cc1. The fourth-order valence-corrected chi connectivity index (χ4v) is 14.4. The Morgan fingerprint density at radius 3 is 1.35 bits per heavy atom. The zero-order valence-electron chi connectivity index (χ0n) is 48.3. The third-order valence-corrected chi connectivity index (χ3v) is 18.4. The van der Waals surface area contributed by atoms with Gasteiger partial charge in [-0.2, -0.15) is 0 Å². The first-order chi connectivity index (χ1) is 40.3. The van der Waals surface area contributed by atoms with E-state index in [1.165, 1.54) is 72.1 Å². The molecule has 0 fully saturated rings. The molecule has 4 heteroatoms. The van der Waals surface area contributed by atoms with E-state index < -0.39 is 0 Å². The highest BCUT2D eigenvalue weighted by molar-refractivity contribution is 6.14. The molecule has 0 radical (unpaired) electrons. The summed E-state index contributed by atoms with van der Waals surface area (Å²) in [4.78, 5) is 28.8. The van der Waals surface area contributed by atoms with Crippen LogP contribution in [0.25, 0.3) is 110 Å². The molecule has 3 aliphatic carbocycles. The van der Waals surface area contributed by atoms with Gasteiger partial charge < -0.3 is 0 Å². The number of pyridine rings is 2. The third-order valence-electron chi connectivity index (χ3n) is 18.4. The zero-order chi connectivity index (χ0) is 57.1. The van der Waals surface area contributed by atoms with Crippen LogP contribution in [0.2, 0.25) is 0 Å². The fourth-order valence-electron chi connectivity index (χ4n) is 14.4. The first kappa shape index (κ1) is 51.5. The zero-order valence-corrected chi connectivity index (χ0v) is 48.3. The summed E-state index contributed by atoms with van der Waals surface area (Å²) in [5, 5.41) is 5.78. The number of nitrogens with zero attached hydrogens (tertiary/aromatic N) is 2. The Kier molecular flexibility index (Phi) is 11.9. The lowest BCUT2D eigenvalue weighted by Gasteiger charge is -2.26. The van der Waals surface area contributed by atoms with Crippen molar-refractivity contribution in [1.29, 1.82) is 0 Å². The summed E-state index contributed by atoms with van der Waals surface area (Å²) in [6, 6.07) is 85.1. The summed E-state index contributed by atoms with van der Waals surface area (Å²) in [6.45, 7) is 17.9. The molecule has 83 heavy (non-hydrogen) atoms. The predicted molar refractivity (Wildman–Crippen MR) is 349 cm³/mol. The van der Waals surface area contributed by atoms with Crippen molar-refractivity contribution in [2.45, 2.75) is 71.6 Å². The average molecular weight is 1070 g/mol. The number of hydrogen-bond donors (Lipinski definition) is 0. The van der Waals surface area contributed by atoms with Gasteiger partial charge in [0.25, 0.3) is 11.1 Å². The van der Waals surface area contributed by atoms with Crippen molar-refractivity contribution in [3.8, 4) is 67.0 Å². The Morgan fingerprint density at radius 1 is 0.277 bits per heavy atom. The number of rotatable bonds is 4. The van der Waals surface area contributed by atoms with Crippen molar-refractivity contribution in [3.63, 3.8) is 0 Å². The predicted octanol–water partition coefficient (Wildman–Crippen LogP) is 19.6. The average Bonchev–Trinajstić information content (AvgIpc) is 2.18. The summed E-state index contributed by atoms with van der Waals surface area (Å²) < 4.78 is 3.85. The number of benzene rings is 11. The Hall–Kier alpha value is -9.64. The molecule has 2 heterocycles. The molecular formula is C79H64N2O2. The molecule has 0 spiro atoms. The smallest absolute Gasteiger partial charge is 0.263 e. The Morgan fingerprint density at radius 2 is 0.711 bits per heavy atom. The van der Waals surface area contributed by atoms with Crippen molar-refractivity contribution in [3.05, 3.63) is 297 Å². The second-order valence-corrected chi connectivity index (χ2v) is 23.9. The summed E-state index contributed by atoms with van der Waals surface area (Å²) in [5.74, 6) is 0. The lowest BCUT2D eigenvalue weighted by Crippen LogP contribution is -2.23. The van der Waals surface area contributed by atoms with Crippen molar-refractivity contribution in [2.75, 3.05) is 0 Å². The molecule has 11 aromatic carbocycles. The monoisotopic (exact) mass is 1070 g/mol. The first-order valence-corrected chi connectivity index (χ1v) is 29.2. The molecule has 0 bridgehead atoms. The summed E-state index contributed by atoms with van der Waals surface area (Å²) in [5.41, 5.74) is 23.1. The maximum atomic E-state index is 15.1. The second kappa shape index (κ2) is 19.2. The first-order valence-electron chi connectivity index (χ1n) is 29.2. The van der Waals surface area contributed by atoms with Crippen molar-refractivity contribution >= 4 is 43.4 Å². The maximum absolute atomic E-state index is 15.1. The van der Waals surface area contributed by atoms with Gasteiger partial charge in [0.2, 0.25) is 0 Å². The highest BCUT2D eigenvalue weighted by Crippen LogP contribution is 2.55. The number of fused-ring (bicyclic) bond motifs is 16. The van der Waals surface area contributed by atoms with Crippen LogP contribution in [0.4, 0.5) is 0 Å². The molecule has 16 rings (SSSR count). The van der Waals surface area contributed by atoms with Gasteiger partial charge in [0.1, 0.15) is 0 Å². The van der Waals surface area contributed by atoms with Crippen LogP contribution in [0, 0.1) is 0 Å². The van der Waals surface area contributed by atoms with Crippen LogP contribution in [-0.4, -0.2) is 9.13 Å². The van der Waals surface area contributed by atoms with Gasteiger partial charge in [0.05, 0.1) is 11.0 Å². The lowest BCUT2D eigenvalue weighted by molar-refractivity contribution is 0.659. The molecular weight excluding hydrogens is 1010 g/mol. The standard InChI is InChI=1S/C46H37NO.C31H21NO.C2H6/c1-44(2)35-16-10-7-13-27(35)30-20-19-26(23-38(30)44)47-40-22-21-31-28-14-8-12-18-37(28)46(5,6)42(31)41(40)33-24-32-29-15-9-11-17-36(29)45(3,4)39(32)25-34(33)43(47)48;33-31-28-14-8-7-13-27(28)29-21-25(23-11-5-2-6-12-23)17-20-30(29)32(31)26-18-15-24(16-19-26)22-9-3-1-4-10-22;1-2/h7-25H,1-6H3;1-21H;1-2H3. The molecule has 402 valence electrons. The van der Waals surface area contributed by atoms with E-state index in [0.717, 1.165) is 71.6 Å². The second-order valence-electron chi connectivity index (χ2n) is 23.9. The Bertz CT molecular complexity index is 4920. The molecule has 0 saturated heterocycles. The van der Waals surface area contributed by atoms with E-state index >= 15 is 4.79 Å². The van der Waals surface area contributed by atoms with E-state index in [9.17, 15) is 4.79 Å². The molecule has 0 N–H and O–H groups in total. The number of hydrogen-bond acceptors (Lipinski definition) is 2. The summed E-state index contributed by atoms with van der Waals surface area (Å²) >= 11 is 0. The van der Waals surface area contributed by atoms with Crippen LogP contribution >= 0.6 is 0 Å². The summed E-state index contributed by atoms with van der Waals surface area (Å²) in [6.07, 6.45) is 0. The van der Waals surface area contributed by atoms with E-state index in [-0.39, 0.29) is 27.4 Å². The van der Waals surface area contributed by atoms with Gasteiger partial charge >= 0.3 is 0 Å². The summed E-state index contributed by atoms with van der Waals surface area (Å²) in [7, 11) is 0. The molecule has 13 aromatic rings. The third kappa shape index (κ3) is 7.72. The van der Waals surface area contributed by atoms with Gasteiger partial charge in [-0.15, -0.1) is 0 Å². The van der Waals surface area contributed by atoms with Gasteiger partial charge in [-0.1, -0.05) is 237 Å². The largest absolute Gasteiger partial charge is 0.276 e. The normalized spacial score (nSPS) is 14.2. The molecule has 0 atom stereocenters. The van der Waals surface area contributed by atoms with Crippen LogP contribution in [0.3, 0.4) is 0 Å². The highest BCUT2D eigenvalue weighted by Gasteiger charge is 2.41. The highest BCUT2D eigenvalue weighted by atomic mass is 16.1. The molecule has 3 aliphatic rings. The fraction of sp³-hybridized carbons (Fsp3) is 0.139. The van der Waals surface area contributed by atoms with Gasteiger partial charge in [0.15, 0.2) is 0 Å². The van der Waals surface area contributed by atoms with Crippen molar-refractivity contribution < 1.29 is 0 Å². The number of aromatic nitrogens is 2. The Labute approximate surface area is 485 Å². The molecule has 0 unspecified atom stereocenters. The van der Waals surface area contributed by atoms with Crippen molar-refractivity contribution in [1.82, 2.24) is 9.13 Å². The van der Waals surface area contributed by atoms with Gasteiger partial charge in [-0.25, -0.2) is 0 Å². The van der Waals surface area contributed by atoms with Crippen LogP contribution in [-0.2, 0) is 16.2 Å². The molecule has 0 aliphatic heterocycles. The van der Waals surface area contributed by atoms with Gasteiger partial charge in [-0.05, 0) is 160 Å². The topological polar surface area (TPSA) is 44.0 Å². The van der Waals surface area contributed by atoms with E-state index in [0.29, 0.717) is 0 Å². The van der Waals surface area contributed by atoms with Crippen LogP contribution in [0.15, 0.2) is 252 Å². The minimum atomic E-state index is -0.238. The van der Waals surface area contributed by atoms with Gasteiger partial charge in [0, 0.05) is 49.2 Å². The Balaban J connectivity index is 0.000000154. The van der Waals surface area contributed by atoms with E-state index in [1.807, 2.05) is 95.8 Å². The minimum Gasteiger partial charge on any atom is -0.276 e. The molecule has 4 nitrogen and oxygen atoms in total. The van der Waals surface area contributed by atoms with Crippen LogP contribution < -0.4 is 11.1 Å². The van der Waals surface area contributed by atoms with Gasteiger partial charge in [-0.3, -0.25) is 18.7 Å². The molecule has 2 aromatic heterocycles. The van der Waals surface area contributed by atoms with Crippen molar-refractivity contribution in [2.24, 2.45) is 0 Å². The quantitative estimate of drug-likeness (QED) is 0.165. The maximum Gasteiger partial charge on any atom is 0.263 e. The van der Waals surface area contributed by atoms with E-state index in [4.69, 9.17) is 0 Å². The van der Waals surface area contributed by atoms with Crippen LogP contribution in [0.5, 0.6) is 0 Å². The van der Waals surface area contributed by atoms with E-state index in [1.54, 1.807) is 0 Å². The molecule has 0 saturated carbocycles. The lowest BCUT2D eigenvalue weighted by atomic mass is 9.79.